The summed E-state index contributed by atoms with van der Waals surface area (Å²) in [6.07, 6.45) is 1.74. The van der Waals surface area contributed by atoms with Crippen molar-refractivity contribution in [3.05, 3.63) is 34.2 Å². The number of hydrogen-bond acceptors (Lipinski definition) is 5. The molecule has 0 atom stereocenters. The summed E-state index contributed by atoms with van der Waals surface area (Å²) in [4.78, 5) is 9.69. The van der Waals surface area contributed by atoms with E-state index in [9.17, 15) is 0 Å². The van der Waals surface area contributed by atoms with E-state index in [0.717, 1.165) is 12.4 Å². The van der Waals surface area contributed by atoms with Gasteiger partial charge in [-0.15, -0.1) is 11.3 Å². The molecule has 0 aromatic carbocycles. The molecule has 0 unspecified atom stereocenters. The molecule has 0 aliphatic carbocycles. The lowest BCUT2D eigenvalue weighted by Crippen LogP contribution is -2.03. The van der Waals surface area contributed by atoms with Crippen LogP contribution in [0.1, 0.15) is 10.4 Å². The topological polar surface area (TPSA) is 49.8 Å². The van der Waals surface area contributed by atoms with Crippen LogP contribution in [0.3, 0.4) is 0 Å². The lowest BCUT2D eigenvalue weighted by Gasteiger charge is -2.05. The average molecular weight is 234 g/mol. The number of anilines is 2. The summed E-state index contributed by atoms with van der Waals surface area (Å²) in [6, 6.07) is 3.99. The lowest BCUT2D eigenvalue weighted by atomic mass is 10.3. The van der Waals surface area contributed by atoms with Crippen LogP contribution in [0.5, 0.6) is 0 Å². The maximum Gasteiger partial charge on any atom is 0.224 e. The van der Waals surface area contributed by atoms with Crippen molar-refractivity contribution in [2.24, 2.45) is 0 Å². The summed E-state index contributed by atoms with van der Waals surface area (Å²) < 4.78 is 0. The Morgan fingerprint density at radius 1 is 1.38 bits per heavy atom. The first-order valence-corrected chi connectivity index (χ1v) is 5.95. The van der Waals surface area contributed by atoms with E-state index < -0.39 is 0 Å². The summed E-state index contributed by atoms with van der Waals surface area (Å²) in [7, 11) is 1.81. The molecule has 2 N–H and O–H groups in total. The third-order valence-corrected chi connectivity index (χ3v) is 3.30. The average Bonchev–Trinajstić information content (AvgIpc) is 2.72. The van der Waals surface area contributed by atoms with Crippen LogP contribution in [0.15, 0.2) is 23.7 Å². The van der Waals surface area contributed by atoms with Gasteiger partial charge in [-0.05, 0) is 30.0 Å². The molecule has 0 saturated carbocycles. The second kappa shape index (κ2) is 4.94. The van der Waals surface area contributed by atoms with Gasteiger partial charge >= 0.3 is 0 Å². The Morgan fingerprint density at radius 3 is 2.94 bits per heavy atom. The number of nitrogens with zero attached hydrogens (tertiary/aromatic N) is 2. The van der Waals surface area contributed by atoms with Crippen molar-refractivity contribution in [3.8, 4) is 0 Å². The first-order valence-electron chi connectivity index (χ1n) is 5.07. The lowest BCUT2D eigenvalue weighted by molar-refractivity contribution is 1.09. The number of aromatic nitrogens is 2. The second-order valence-electron chi connectivity index (χ2n) is 3.40. The molecule has 0 saturated heterocycles. The van der Waals surface area contributed by atoms with Crippen molar-refractivity contribution >= 4 is 23.1 Å². The predicted octanol–water partition coefficient (Wildman–Crippen LogP) is 2.50. The number of nitrogens with one attached hydrogen (secondary N) is 2. The van der Waals surface area contributed by atoms with Crippen LogP contribution in [0, 0.1) is 6.92 Å². The summed E-state index contributed by atoms with van der Waals surface area (Å²) in [6.45, 7) is 2.93. The molecule has 2 aromatic rings. The van der Waals surface area contributed by atoms with Crippen LogP contribution >= 0.6 is 11.3 Å². The minimum absolute atomic E-state index is 0.632. The van der Waals surface area contributed by atoms with Crippen LogP contribution in [-0.4, -0.2) is 17.0 Å². The summed E-state index contributed by atoms with van der Waals surface area (Å²) >= 11 is 1.76. The Balaban J connectivity index is 2.02. The fraction of sp³-hybridized carbons (Fsp3) is 0.273. The highest BCUT2D eigenvalue weighted by Crippen LogP contribution is 2.17. The van der Waals surface area contributed by atoms with Crippen LogP contribution in [0.4, 0.5) is 11.8 Å². The molecule has 16 heavy (non-hydrogen) atoms. The third kappa shape index (κ3) is 2.49. The van der Waals surface area contributed by atoms with Gasteiger partial charge in [-0.25, -0.2) is 4.98 Å². The molecular weight excluding hydrogens is 220 g/mol. The first kappa shape index (κ1) is 10.9. The van der Waals surface area contributed by atoms with Crippen LogP contribution in [0.25, 0.3) is 0 Å². The number of thiophene rings is 1. The molecule has 84 valence electrons. The molecule has 0 bridgehead atoms. The third-order valence-electron chi connectivity index (χ3n) is 2.28. The van der Waals surface area contributed by atoms with Crippen molar-refractivity contribution in [2.75, 3.05) is 17.7 Å². The molecule has 2 heterocycles. The van der Waals surface area contributed by atoms with Gasteiger partial charge in [0.2, 0.25) is 5.95 Å². The van der Waals surface area contributed by atoms with Gasteiger partial charge in [0, 0.05) is 18.1 Å². The minimum atomic E-state index is 0.632. The second-order valence-corrected chi connectivity index (χ2v) is 4.40. The molecule has 0 spiro atoms. The van der Waals surface area contributed by atoms with Crippen LogP contribution < -0.4 is 10.6 Å². The van der Waals surface area contributed by atoms with Gasteiger partial charge in [-0.1, -0.05) is 0 Å². The Kier molecular flexibility index (Phi) is 3.36. The number of rotatable bonds is 4. The molecular formula is C11H14N4S. The van der Waals surface area contributed by atoms with Crippen molar-refractivity contribution < 1.29 is 0 Å². The van der Waals surface area contributed by atoms with Crippen molar-refractivity contribution in [3.63, 3.8) is 0 Å². The standard InChI is InChI=1S/C11H14N4S/c1-8-4-6-16-9(8)7-14-10-3-5-13-11(12-2)15-10/h3-6H,7H2,1-2H3,(H2,12,13,14,15). The van der Waals surface area contributed by atoms with E-state index in [2.05, 4.69) is 39.0 Å². The summed E-state index contributed by atoms with van der Waals surface area (Å²) in [5.74, 6) is 1.47. The Labute approximate surface area is 98.8 Å². The fourth-order valence-electron chi connectivity index (χ4n) is 1.33. The molecule has 2 aromatic heterocycles. The van der Waals surface area contributed by atoms with E-state index in [-0.39, 0.29) is 0 Å². The number of aryl methyl sites for hydroxylation is 1. The Bertz CT molecular complexity index is 467. The SMILES string of the molecule is CNc1nccc(NCc2sccc2C)n1. The first-order chi connectivity index (χ1) is 7.79. The van der Waals surface area contributed by atoms with E-state index in [0.29, 0.717) is 5.95 Å². The van der Waals surface area contributed by atoms with Crippen molar-refractivity contribution in [1.82, 2.24) is 9.97 Å². The van der Waals surface area contributed by atoms with Gasteiger partial charge < -0.3 is 10.6 Å². The molecule has 0 amide bonds. The molecule has 2 rings (SSSR count). The van der Waals surface area contributed by atoms with Gasteiger partial charge in [0.05, 0.1) is 6.54 Å². The van der Waals surface area contributed by atoms with E-state index in [1.54, 1.807) is 17.5 Å². The highest BCUT2D eigenvalue weighted by molar-refractivity contribution is 7.10. The smallest absolute Gasteiger partial charge is 0.224 e. The van der Waals surface area contributed by atoms with Crippen molar-refractivity contribution in [1.29, 1.82) is 0 Å². The maximum absolute atomic E-state index is 4.29. The van der Waals surface area contributed by atoms with Gasteiger partial charge in [0.25, 0.3) is 0 Å². The van der Waals surface area contributed by atoms with Gasteiger partial charge in [0.15, 0.2) is 0 Å². The normalized spacial score (nSPS) is 10.1. The zero-order valence-electron chi connectivity index (χ0n) is 9.32. The Morgan fingerprint density at radius 2 is 2.25 bits per heavy atom. The predicted molar refractivity (Wildman–Crippen MR) is 68.0 cm³/mol. The summed E-state index contributed by atoms with van der Waals surface area (Å²) in [5, 5.41) is 8.30. The molecule has 0 radical (unpaired) electrons. The molecule has 4 nitrogen and oxygen atoms in total. The highest BCUT2D eigenvalue weighted by Gasteiger charge is 2.01. The zero-order valence-corrected chi connectivity index (χ0v) is 10.1. The van der Waals surface area contributed by atoms with E-state index >= 15 is 0 Å². The van der Waals surface area contributed by atoms with Crippen molar-refractivity contribution in [2.45, 2.75) is 13.5 Å². The quantitative estimate of drug-likeness (QED) is 0.853. The molecule has 0 aliphatic heterocycles. The van der Waals surface area contributed by atoms with Gasteiger partial charge in [0.1, 0.15) is 5.82 Å². The van der Waals surface area contributed by atoms with E-state index in [1.165, 1.54) is 10.4 Å². The Hall–Kier alpha value is -1.62. The maximum atomic E-state index is 4.29. The van der Waals surface area contributed by atoms with Gasteiger partial charge in [-0.2, -0.15) is 4.98 Å². The van der Waals surface area contributed by atoms with E-state index in [1.807, 2.05) is 13.1 Å². The van der Waals surface area contributed by atoms with E-state index in [4.69, 9.17) is 0 Å². The molecule has 5 heteroatoms. The van der Waals surface area contributed by atoms with Gasteiger partial charge in [-0.3, -0.25) is 0 Å². The monoisotopic (exact) mass is 234 g/mol. The summed E-state index contributed by atoms with van der Waals surface area (Å²) in [5.41, 5.74) is 1.32. The molecule has 0 aliphatic rings. The number of hydrogen-bond donors (Lipinski definition) is 2. The molecule has 0 fully saturated rings. The van der Waals surface area contributed by atoms with Crippen LogP contribution in [0.2, 0.25) is 0 Å². The zero-order chi connectivity index (χ0) is 11.4. The largest absolute Gasteiger partial charge is 0.365 e. The fourth-order valence-corrected chi connectivity index (χ4v) is 2.18. The van der Waals surface area contributed by atoms with Crippen LogP contribution in [-0.2, 0) is 6.54 Å². The highest BCUT2D eigenvalue weighted by atomic mass is 32.1. The minimum Gasteiger partial charge on any atom is -0.365 e.